The second kappa shape index (κ2) is 8.20. The van der Waals surface area contributed by atoms with Crippen molar-refractivity contribution in [2.75, 3.05) is 12.4 Å². The molecule has 0 aromatic heterocycles. The van der Waals surface area contributed by atoms with Gasteiger partial charge in [0.1, 0.15) is 0 Å². The van der Waals surface area contributed by atoms with E-state index < -0.39 is 35.2 Å². The third-order valence-electron chi connectivity index (χ3n) is 4.68. The number of methoxy groups -OCH3 is 1. The van der Waals surface area contributed by atoms with E-state index in [1.165, 1.54) is 30.2 Å². The van der Waals surface area contributed by atoms with Crippen molar-refractivity contribution >= 4 is 11.7 Å². The fourth-order valence-electron chi connectivity index (χ4n) is 2.99. The molecule has 2 aromatic carbocycles. The first-order valence-corrected chi connectivity index (χ1v) is 9.11. The number of ether oxygens (including phenoxy) is 1. The number of hydrogen-bond acceptors (Lipinski definition) is 3. The maximum Gasteiger partial charge on any atom is 0.416 e. The molecule has 0 aliphatic heterocycles. The molecule has 1 aliphatic rings. The van der Waals surface area contributed by atoms with Crippen molar-refractivity contribution in [3.63, 3.8) is 0 Å². The van der Waals surface area contributed by atoms with Gasteiger partial charge in [-0.05, 0) is 48.7 Å². The van der Waals surface area contributed by atoms with E-state index in [2.05, 4.69) is 5.32 Å². The summed E-state index contributed by atoms with van der Waals surface area (Å²) in [6.45, 7) is 0.0260. The predicted molar refractivity (Wildman–Crippen MR) is 98.7 cm³/mol. The zero-order valence-corrected chi connectivity index (χ0v) is 16.1. The van der Waals surface area contributed by atoms with Crippen molar-refractivity contribution in [2.45, 2.75) is 37.8 Å². The summed E-state index contributed by atoms with van der Waals surface area (Å²) in [5.41, 5.74) is -3.07. The lowest BCUT2D eigenvalue weighted by Gasteiger charge is -2.24. The molecule has 5 nitrogen and oxygen atoms in total. The number of anilines is 1. The molecule has 2 aromatic rings. The summed E-state index contributed by atoms with van der Waals surface area (Å²) in [4.78, 5) is 14.0. The number of rotatable bonds is 5. The molecule has 0 saturated heterocycles. The Kier molecular flexibility index (Phi) is 5.97. The number of nitrogens with one attached hydrogen (secondary N) is 1. The molecule has 0 heterocycles. The van der Waals surface area contributed by atoms with Crippen LogP contribution in [0, 0.1) is 0 Å². The second-order valence-electron chi connectivity index (χ2n) is 7.09. The standard InChI is InChI=1S/C20H18F6N2O3/c1-31-17-6-11(2-5-16(17)29)10-28(15-3-4-15)18(30)27-14-8-12(19(21,22)23)7-13(9-14)20(24,25)26/h2,5-9,15,29H,3-4,10H2,1H3,(H,27,30). The Morgan fingerprint density at radius 1 is 1.06 bits per heavy atom. The third kappa shape index (κ3) is 5.53. The van der Waals surface area contributed by atoms with Crippen LogP contribution in [0.25, 0.3) is 0 Å². The number of hydrogen-bond donors (Lipinski definition) is 2. The van der Waals surface area contributed by atoms with E-state index in [0.717, 1.165) is 0 Å². The summed E-state index contributed by atoms with van der Waals surface area (Å²) >= 11 is 0. The molecule has 1 saturated carbocycles. The smallest absolute Gasteiger partial charge is 0.416 e. The molecule has 168 valence electrons. The van der Waals surface area contributed by atoms with Crippen molar-refractivity contribution in [1.82, 2.24) is 4.90 Å². The molecule has 3 rings (SSSR count). The Labute approximate surface area is 173 Å². The van der Waals surface area contributed by atoms with Crippen molar-refractivity contribution < 1.29 is 41.0 Å². The lowest BCUT2D eigenvalue weighted by Crippen LogP contribution is -2.36. The van der Waals surface area contributed by atoms with Gasteiger partial charge in [-0.3, -0.25) is 0 Å². The van der Waals surface area contributed by atoms with Gasteiger partial charge in [0.25, 0.3) is 0 Å². The highest BCUT2D eigenvalue weighted by Crippen LogP contribution is 2.38. The quantitative estimate of drug-likeness (QED) is 0.583. The van der Waals surface area contributed by atoms with Gasteiger partial charge in [0.2, 0.25) is 0 Å². The molecule has 0 radical (unpaired) electrons. The zero-order valence-electron chi connectivity index (χ0n) is 16.1. The van der Waals surface area contributed by atoms with Crippen LogP contribution < -0.4 is 10.1 Å². The number of benzene rings is 2. The van der Waals surface area contributed by atoms with Gasteiger partial charge in [-0.1, -0.05) is 6.07 Å². The van der Waals surface area contributed by atoms with Crippen LogP contribution in [0.4, 0.5) is 36.8 Å². The average molecular weight is 448 g/mol. The lowest BCUT2D eigenvalue weighted by atomic mass is 10.1. The van der Waals surface area contributed by atoms with Gasteiger partial charge in [-0.2, -0.15) is 26.3 Å². The van der Waals surface area contributed by atoms with Crippen LogP contribution in [0.5, 0.6) is 11.5 Å². The number of phenolic OH excluding ortho intramolecular Hbond substituents is 1. The SMILES string of the molecule is COc1cc(CN(C(=O)Nc2cc(C(F)(F)F)cc(C(F)(F)F)c2)C2CC2)ccc1O. The number of halogens is 6. The molecular weight excluding hydrogens is 430 g/mol. The third-order valence-corrected chi connectivity index (χ3v) is 4.68. The molecular formula is C20H18F6N2O3. The fraction of sp³-hybridized carbons (Fsp3) is 0.350. The Bertz CT molecular complexity index is 938. The number of aromatic hydroxyl groups is 1. The van der Waals surface area contributed by atoms with Gasteiger partial charge in [0.05, 0.1) is 18.2 Å². The van der Waals surface area contributed by atoms with Gasteiger partial charge in [0, 0.05) is 18.3 Å². The maximum absolute atomic E-state index is 13.0. The van der Waals surface area contributed by atoms with Crippen molar-refractivity contribution in [3.8, 4) is 11.5 Å². The van der Waals surface area contributed by atoms with Gasteiger partial charge in [-0.15, -0.1) is 0 Å². The molecule has 0 unspecified atom stereocenters. The number of amides is 2. The van der Waals surface area contributed by atoms with Gasteiger partial charge in [0.15, 0.2) is 11.5 Å². The number of carbonyl (C=O) groups is 1. The van der Waals surface area contributed by atoms with E-state index in [1.807, 2.05) is 0 Å². The molecule has 0 bridgehead atoms. The number of carbonyl (C=O) groups excluding carboxylic acids is 1. The molecule has 11 heteroatoms. The van der Waals surface area contributed by atoms with E-state index in [-0.39, 0.29) is 30.2 Å². The topological polar surface area (TPSA) is 61.8 Å². The molecule has 0 spiro atoms. The van der Waals surface area contributed by atoms with Crippen LogP contribution >= 0.6 is 0 Å². The van der Waals surface area contributed by atoms with E-state index in [1.54, 1.807) is 0 Å². The zero-order chi connectivity index (χ0) is 23.0. The summed E-state index contributed by atoms with van der Waals surface area (Å²) < 4.78 is 83.2. The average Bonchev–Trinajstić information content (AvgIpc) is 3.50. The Hall–Kier alpha value is -3.11. The van der Waals surface area contributed by atoms with E-state index in [0.29, 0.717) is 30.5 Å². The summed E-state index contributed by atoms with van der Waals surface area (Å²) in [5, 5.41) is 11.8. The highest BCUT2D eigenvalue weighted by molar-refractivity contribution is 5.90. The molecule has 0 atom stereocenters. The van der Waals surface area contributed by atoms with E-state index >= 15 is 0 Å². The number of urea groups is 1. The molecule has 31 heavy (non-hydrogen) atoms. The minimum atomic E-state index is -5.01. The van der Waals surface area contributed by atoms with Crippen LogP contribution in [-0.2, 0) is 18.9 Å². The Morgan fingerprint density at radius 3 is 2.13 bits per heavy atom. The fourth-order valence-corrected chi connectivity index (χ4v) is 2.99. The highest BCUT2D eigenvalue weighted by Gasteiger charge is 2.38. The predicted octanol–water partition coefficient (Wildman–Crippen LogP) is 5.63. The van der Waals surface area contributed by atoms with Gasteiger partial charge < -0.3 is 20.1 Å². The van der Waals surface area contributed by atoms with Crippen LogP contribution in [0.15, 0.2) is 36.4 Å². The Morgan fingerprint density at radius 2 is 1.65 bits per heavy atom. The number of alkyl halides is 6. The second-order valence-corrected chi connectivity index (χ2v) is 7.09. The summed E-state index contributed by atoms with van der Waals surface area (Å²) in [5.74, 6) is 0.0543. The largest absolute Gasteiger partial charge is 0.504 e. The lowest BCUT2D eigenvalue weighted by molar-refractivity contribution is -0.143. The van der Waals surface area contributed by atoms with Crippen LogP contribution in [0.3, 0.4) is 0 Å². The molecule has 1 fully saturated rings. The van der Waals surface area contributed by atoms with Crippen LogP contribution in [0.1, 0.15) is 29.5 Å². The van der Waals surface area contributed by atoms with Crippen LogP contribution in [-0.4, -0.2) is 29.2 Å². The van der Waals surface area contributed by atoms with Crippen molar-refractivity contribution in [3.05, 3.63) is 53.1 Å². The number of phenols is 1. The summed E-state index contributed by atoms with van der Waals surface area (Å²) in [6.07, 6.45) is -8.73. The molecule has 2 N–H and O–H groups in total. The normalized spacial score (nSPS) is 14.3. The first kappa shape index (κ1) is 22.6. The van der Waals surface area contributed by atoms with E-state index in [4.69, 9.17) is 4.74 Å². The highest BCUT2D eigenvalue weighted by atomic mass is 19.4. The molecule has 2 amide bonds. The monoisotopic (exact) mass is 448 g/mol. The Balaban J connectivity index is 1.86. The minimum Gasteiger partial charge on any atom is -0.504 e. The minimum absolute atomic E-state index is 0.00294. The van der Waals surface area contributed by atoms with Crippen molar-refractivity contribution in [1.29, 1.82) is 0 Å². The van der Waals surface area contributed by atoms with Gasteiger partial charge in [-0.25, -0.2) is 4.79 Å². The molecule has 1 aliphatic carbocycles. The van der Waals surface area contributed by atoms with E-state index in [9.17, 15) is 36.2 Å². The maximum atomic E-state index is 13.0. The summed E-state index contributed by atoms with van der Waals surface area (Å²) in [7, 11) is 1.34. The first-order chi connectivity index (χ1) is 14.4. The summed E-state index contributed by atoms with van der Waals surface area (Å²) in [6, 6.07) is 4.27. The van der Waals surface area contributed by atoms with Crippen molar-refractivity contribution in [2.24, 2.45) is 0 Å². The van der Waals surface area contributed by atoms with Gasteiger partial charge >= 0.3 is 18.4 Å². The van der Waals surface area contributed by atoms with Crippen LogP contribution in [0.2, 0.25) is 0 Å². The first-order valence-electron chi connectivity index (χ1n) is 9.11. The number of nitrogens with zero attached hydrogens (tertiary/aromatic N) is 1.